The average Bonchev–Trinajstić information content (AvgIpc) is 2.03. The Bertz CT molecular complexity index is 277. The molecule has 3 heteroatoms. The zero-order chi connectivity index (χ0) is 10.0. The van der Waals surface area contributed by atoms with E-state index < -0.39 is 12.1 Å². The maximum absolute atomic E-state index is 9.52. The third-order valence-electron chi connectivity index (χ3n) is 2.15. The number of phenolic OH excluding ortho intramolecular Hbond substituents is 1. The summed E-state index contributed by atoms with van der Waals surface area (Å²) in [5.74, 6) is 0.147. The normalized spacial score (nSPS) is 15.4. The predicted molar refractivity (Wildman–Crippen MR) is 51.5 cm³/mol. The number of rotatable bonds is 2. The molecular formula is C10H15NO2. The molecule has 0 aliphatic carbocycles. The molecule has 0 spiro atoms. The molecule has 1 aromatic carbocycles. The molecule has 0 aliphatic rings. The number of nitrogens with two attached hydrogens (primary N) is 1. The van der Waals surface area contributed by atoms with E-state index in [-0.39, 0.29) is 5.75 Å². The molecular weight excluding hydrogens is 166 g/mol. The summed E-state index contributed by atoms with van der Waals surface area (Å²) in [5.41, 5.74) is 7.25. The second-order valence-electron chi connectivity index (χ2n) is 3.27. The van der Waals surface area contributed by atoms with E-state index in [2.05, 4.69) is 0 Å². The molecule has 0 fully saturated rings. The van der Waals surface area contributed by atoms with Crippen LogP contribution in [0.5, 0.6) is 5.75 Å². The Morgan fingerprint density at radius 3 is 2.46 bits per heavy atom. The van der Waals surface area contributed by atoms with E-state index in [0.29, 0.717) is 5.56 Å². The minimum Gasteiger partial charge on any atom is -0.508 e. The number of hydrogen-bond acceptors (Lipinski definition) is 3. The van der Waals surface area contributed by atoms with Crippen LogP contribution in [0.1, 0.15) is 24.1 Å². The predicted octanol–water partition coefficient (Wildman–Crippen LogP) is 1.08. The minimum atomic E-state index is -0.660. The van der Waals surface area contributed by atoms with Crippen molar-refractivity contribution in [1.82, 2.24) is 0 Å². The van der Waals surface area contributed by atoms with Gasteiger partial charge in [0.2, 0.25) is 0 Å². The van der Waals surface area contributed by atoms with Gasteiger partial charge in [-0.1, -0.05) is 12.1 Å². The van der Waals surface area contributed by atoms with Crippen LogP contribution in [0.2, 0.25) is 0 Å². The molecule has 0 saturated carbocycles. The highest BCUT2D eigenvalue weighted by molar-refractivity contribution is 5.41. The number of aromatic hydroxyl groups is 1. The van der Waals surface area contributed by atoms with Gasteiger partial charge in [-0.25, -0.2) is 0 Å². The van der Waals surface area contributed by atoms with Crippen molar-refractivity contribution < 1.29 is 10.2 Å². The molecule has 13 heavy (non-hydrogen) atoms. The second kappa shape index (κ2) is 3.77. The number of aliphatic hydroxyl groups is 1. The highest BCUT2D eigenvalue weighted by Crippen LogP contribution is 2.27. The van der Waals surface area contributed by atoms with Gasteiger partial charge in [-0.05, 0) is 25.5 Å². The lowest BCUT2D eigenvalue weighted by Crippen LogP contribution is -2.24. The Balaban J connectivity index is 3.12. The molecule has 4 N–H and O–H groups in total. The SMILES string of the molecule is Cc1cccc(O)c1[C@H](N)[C@H](C)O. The van der Waals surface area contributed by atoms with Gasteiger partial charge < -0.3 is 15.9 Å². The second-order valence-corrected chi connectivity index (χ2v) is 3.27. The van der Waals surface area contributed by atoms with Crippen LogP contribution in [0.4, 0.5) is 0 Å². The summed E-state index contributed by atoms with van der Waals surface area (Å²) in [5, 5.41) is 18.8. The molecule has 0 saturated heterocycles. The van der Waals surface area contributed by atoms with Crippen molar-refractivity contribution >= 4 is 0 Å². The van der Waals surface area contributed by atoms with Crippen LogP contribution in [0, 0.1) is 6.92 Å². The first-order chi connectivity index (χ1) is 6.04. The molecule has 0 aliphatic heterocycles. The van der Waals surface area contributed by atoms with Gasteiger partial charge >= 0.3 is 0 Å². The number of hydrogen-bond donors (Lipinski definition) is 3. The minimum absolute atomic E-state index is 0.147. The van der Waals surface area contributed by atoms with Crippen molar-refractivity contribution in [3.8, 4) is 5.75 Å². The van der Waals surface area contributed by atoms with Crippen LogP contribution in [0.25, 0.3) is 0 Å². The van der Waals surface area contributed by atoms with Crippen molar-refractivity contribution in [3.63, 3.8) is 0 Å². The van der Waals surface area contributed by atoms with Gasteiger partial charge in [0, 0.05) is 5.56 Å². The van der Waals surface area contributed by atoms with Crippen molar-refractivity contribution in [2.45, 2.75) is 26.0 Å². The number of phenols is 1. The van der Waals surface area contributed by atoms with E-state index in [4.69, 9.17) is 5.73 Å². The first-order valence-corrected chi connectivity index (χ1v) is 4.26. The molecule has 2 atom stereocenters. The Hall–Kier alpha value is -1.06. The summed E-state index contributed by atoms with van der Waals surface area (Å²) in [7, 11) is 0. The largest absolute Gasteiger partial charge is 0.508 e. The maximum atomic E-state index is 9.52. The van der Waals surface area contributed by atoms with Gasteiger partial charge in [0.05, 0.1) is 12.1 Å². The van der Waals surface area contributed by atoms with Crippen LogP contribution < -0.4 is 5.73 Å². The summed E-state index contributed by atoms with van der Waals surface area (Å²) < 4.78 is 0. The summed E-state index contributed by atoms with van der Waals surface area (Å²) >= 11 is 0. The lowest BCUT2D eigenvalue weighted by Gasteiger charge is -2.18. The van der Waals surface area contributed by atoms with Crippen molar-refractivity contribution in [2.75, 3.05) is 0 Å². The molecule has 0 radical (unpaired) electrons. The maximum Gasteiger partial charge on any atom is 0.120 e. The van der Waals surface area contributed by atoms with Crippen LogP contribution in [0.3, 0.4) is 0 Å². The summed E-state index contributed by atoms with van der Waals surface area (Å²) in [6.45, 7) is 3.47. The lowest BCUT2D eigenvalue weighted by molar-refractivity contribution is 0.162. The van der Waals surface area contributed by atoms with Crippen LogP contribution >= 0.6 is 0 Å². The topological polar surface area (TPSA) is 66.5 Å². The van der Waals surface area contributed by atoms with Crippen LogP contribution in [-0.2, 0) is 0 Å². The molecule has 72 valence electrons. The smallest absolute Gasteiger partial charge is 0.120 e. The third-order valence-corrected chi connectivity index (χ3v) is 2.15. The fourth-order valence-electron chi connectivity index (χ4n) is 1.34. The Labute approximate surface area is 77.8 Å². The van der Waals surface area contributed by atoms with Gasteiger partial charge in [0.15, 0.2) is 0 Å². The fourth-order valence-corrected chi connectivity index (χ4v) is 1.34. The van der Waals surface area contributed by atoms with Gasteiger partial charge in [-0.15, -0.1) is 0 Å². The standard InChI is InChI=1S/C10H15NO2/c1-6-4-3-5-8(13)9(6)10(11)7(2)12/h3-5,7,10,12-13H,11H2,1-2H3/t7-,10+/m0/s1. The lowest BCUT2D eigenvalue weighted by atomic mass is 9.97. The number of aliphatic hydroxyl groups excluding tert-OH is 1. The summed E-state index contributed by atoms with van der Waals surface area (Å²) in [4.78, 5) is 0. The summed E-state index contributed by atoms with van der Waals surface area (Å²) in [6, 6.07) is 4.66. The Morgan fingerprint density at radius 2 is 2.00 bits per heavy atom. The Kier molecular flexibility index (Phi) is 2.90. The highest BCUT2D eigenvalue weighted by atomic mass is 16.3. The van der Waals surface area contributed by atoms with Gasteiger partial charge in [0.25, 0.3) is 0 Å². The van der Waals surface area contributed by atoms with Crippen LogP contribution in [-0.4, -0.2) is 16.3 Å². The molecule has 1 aromatic rings. The molecule has 0 aromatic heterocycles. The van der Waals surface area contributed by atoms with E-state index in [9.17, 15) is 10.2 Å². The summed E-state index contributed by atoms with van der Waals surface area (Å²) in [6.07, 6.45) is -0.660. The Morgan fingerprint density at radius 1 is 1.38 bits per heavy atom. The van der Waals surface area contributed by atoms with Crippen LogP contribution in [0.15, 0.2) is 18.2 Å². The third kappa shape index (κ3) is 1.99. The fraction of sp³-hybridized carbons (Fsp3) is 0.400. The van der Waals surface area contributed by atoms with E-state index >= 15 is 0 Å². The van der Waals surface area contributed by atoms with Gasteiger partial charge in [-0.2, -0.15) is 0 Å². The molecule has 0 heterocycles. The van der Waals surface area contributed by atoms with Crippen molar-refractivity contribution in [2.24, 2.45) is 5.73 Å². The molecule has 3 nitrogen and oxygen atoms in total. The molecule has 0 amide bonds. The van der Waals surface area contributed by atoms with E-state index in [1.807, 2.05) is 13.0 Å². The average molecular weight is 181 g/mol. The molecule has 0 bridgehead atoms. The molecule has 1 rings (SSSR count). The highest BCUT2D eigenvalue weighted by Gasteiger charge is 2.17. The van der Waals surface area contributed by atoms with Crippen molar-refractivity contribution in [3.05, 3.63) is 29.3 Å². The van der Waals surface area contributed by atoms with Gasteiger partial charge in [-0.3, -0.25) is 0 Å². The zero-order valence-corrected chi connectivity index (χ0v) is 7.86. The monoisotopic (exact) mass is 181 g/mol. The van der Waals surface area contributed by atoms with Gasteiger partial charge in [0.1, 0.15) is 5.75 Å². The number of aryl methyl sites for hydroxylation is 1. The first kappa shape index (κ1) is 10.0. The van der Waals surface area contributed by atoms with E-state index in [0.717, 1.165) is 5.56 Å². The van der Waals surface area contributed by atoms with E-state index in [1.54, 1.807) is 19.1 Å². The zero-order valence-electron chi connectivity index (χ0n) is 7.86. The molecule has 0 unspecified atom stereocenters. The number of benzene rings is 1. The first-order valence-electron chi connectivity index (χ1n) is 4.26. The quantitative estimate of drug-likeness (QED) is 0.639. The van der Waals surface area contributed by atoms with Crippen molar-refractivity contribution in [1.29, 1.82) is 0 Å². The van der Waals surface area contributed by atoms with E-state index in [1.165, 1.54) is 0 Å².